The third-order valence-corrected chi connectivity index (χ3v) is 4.46. The second kappa shape index (κ2) is 8.47. The largest absolute Gasteiger partial charge is 0.480 e. The highest BCUT2D eigenvalue weighted by molar-refractivity contribution is 5.87. The molecule has 7 nitrogen and oxygen atoms in total. The van der Waals surface area contributed by atoms with E-state index in [0.717, 1.165) is 28.5 Å². The van der Waals surface area contributed by atoms with Crippen molar-refractivity contribution < 1.29 is 24.0 Å². The van der Waals surface area contributed by atoms with Crippen molar-refractivity contribution in [2.75, 3.05) is 0 Å². The molecular formula is C21H17FN2O5. The van der Waals surface area contributed by atoms with E-state index in [4.69, 9.17) is 0 Å². The fraction of sp³-hybridized carbons (Fsp3) is 0.143. The first kappa shape index (κ1) is 19.9. The molecule has 0 aliphatic carbocycles. The molecule has 0 aliphatic heterocycles. The fourth-order valence-corrected chi connectivity index (χ4v) is 3.04. The SMILES string of the molecule is O=C(Cc1ccc2ccccc2c1)N[C@H](Cc1ccc(F)c([N+](=O)[O-])c1)C(=O)O. The second-order valence-corrected chi connectivity index (χ2v) is 6.56. The molecule has 1 amide bonds. The van der Waals surface area contributed by atoms with Gasteiger partial charge in [0.2, 0.25) is 11.7 Å². The van der Waals surface area contributed by atoms with Gasteiger partial charge in [-0.1, -0.05) is 48.5 Å². The Bertz CT molecular complexity index is 1100. The summed E-state index contributed by atoms with van der Waals surface area (Å²) in [5.74, 6) is -2.79. The van der Waals surface area contributed by atoms with E-state index in [1.165, 1.54) is 6.07 Å². The van der Waals surface area contributed by atoms with Crippen LogP contribution in [0.1, 0.15) is 11.1 Å². The van der Waals surface area contributed by atoms with Crippen LogP contribution in [0.4, 0.5) is 10.1 Å². The minimum atomic E-state index is -1.30. The summed E-state index contributed by atoms with van der Waals surface area (Å²) in [6.45, 7) is 0. The van der Waals surface area contributed by atoms with Crippen molar-refractivity contribution in [2.24, 2.45) is 0 Å². The number of fused-ring (bicyclic) bond motifs is 1. The molecule has 148 valence electrons. The Labute approximate surface area is 164 Å². The lowest BCUT2D eigenvalue weighted by Gasteiger charge is -2.15. The van der Waals surface area contributed by atoms with E-state index in [-0.39, 0.29) is 18.4 Å². The van der Waals surface area contributed by atoms with Crippen molar-refractivity contribution in [1.82, 2.24) is 5.32 Å². The number of nitrogens with zero attached hydrogens (tertiary/aromatic N) is 1. The predicted molar refractivity (Wildman–Crippen MR) is 104 cm³/mol. The van der Waals surface area contributed by atoms with Crippen LogP contribution in [-0.2, 0) is 22.4 Å². The lowest BCUT2D eigenvalue weighted by molar-refractivity contribution is -0.387. The molecule has 0 saturated heterocycles. The van der Waals surface area contributed by atoms with E-state index in [9.17, 15) is 29.2 Å². The molecule has 0 unspecified atom stereocenters. The van der Waals surface area contributed by atoms with Gasteiger partial charge in [0.05, 0.1) is 11.3 Å². The molecule has 0 aromatic heterocycles. The highest BCUT2D eigenvalue weighted by Gasteiger charge is 2.23. The zero-order valence-corrected chi connectivity index (χ0v) is 15.2. The van der Waals surface area contributed by atoms with E-state index in [1.54, 1.807) is 6.07 Å². The first-order valence-corrected chi connectivity index (χ1v) is 8.76. The maximum absolute atomic E-state index is 13.5. The molecule has 0 bridgehead atoms. The number of rotatable bonds is 7. The number of nitro groups is 1. The Kier molecular flexibility index (Phi) is 5.82. The van der Waals surface area contributed by atoms with E-state index in [2.05, 4.69) is 5.32 Å². The van der Waals surface area contributed by atoms with Crippen LogP contribution in [0.3, 0.4) is 0 Å². The molecule has 2 N–H and O–H groups in total. The van der Waals surface area contributed by atoms with Crippen molar-refractivity contribution >= 4 is 28.3 Å². The van der Waals surface area contributed by atoms with Gasteiger partial charge in [-0.3, -0.25) is 14.9 Å². The number of aliphatic carboxylic acids is 1. The lowest BCUT2D eigenvalue weighted by Crippen LogP contribution is -2.43. The molecule has 3 rings (SSSR count). The maximum atomic E-state index is 13.5. The zero-order valence-electron chi connectivity index (χ0n) is 15.2. The normalized spacial score (nSPS) is 11.8. The number of nitro benzene ring substituents is 1. The first-order valence-electron chi connectivity index (χ1n) is 8.76. The quantitative estimate of drug-likeness (QED) is 0.471. The first-order chi connectivity index (χ1) is 13.8. The molecule has 3 aromatic rings. The third-order valence-electron chi connectivity index (χ3n) is 4.46. The van der Waals surface area contributed by atoms with Gasteiger partial charge in [-0.25, -0.2) is 4.79 Å². The van der Waals surface area contributed by atoms with Gasteiger partial charge < -0.3 is 10.4 Å². The Morgan fingerprint density at radius 2 is 1.72 bits per heavy atom. The summed E-state index contributed by atoms with van der Waals surface area (Å²) in [6, 6.07) is 15.0. The molecule has 3 aromatic carbocycles. The molecule has 0 aliphatic rings. The van der Waals surface area contributed by atoms with Crippen LogP contribution >= 0.6 is 0 Å². The summed E-state index contributed by atoms with van der Waals surface area (Å²) in [5.41, 5.74) is 0.216. The molecule has 0 heterocycles. The number of hydrogen-bond acceptors (Lipinski definition) is 4. The molecule has 0 saturated carbocycles. The summed E-state index contributed by atoms with van der Waals surface area (Å²) in [5, 5.41) is 24.7. The molecule has 0 radical (unpaired) electrons. The van der Waals surface area contributed by atoms with Gasteiger partial charge in [0.25, 0.3) is 0 Å². The number of amides is 1. The number of carbonyl (C=O) groups is 2. The van der Waals surface area contributed by atoms with Gasteiger partial charge in [-0.15, -0.1) is 0 Å². The third kappa shape index (κ3) is 4.92. The highest BCUT2D eigenvalue weighted by atomic mass is 19.1. The van der Waals surface area contributed by atoms with Gasteiger partial charge in [-0.2, -0.15) is 4.39 Å². The van der Waals surface area contributed by atoms with Crippen LogP contribution in [0.15, 0.2) is 60.7 Å². The number of carboxylic acids is 1. The predicted octanol–water partition coefficient (Wildman–Crippen LogP) is 3.24. The van der Waals surface area contributed by atoms with Gasteiger partial charge in [0, 0.05) is 12.5 Å². The molecule has 8 heteroatoms. The van der Waals surface area contributed by atoms with Crippen LogP contribution in [0, 0.1) is 15.9 Å². The summed E-state index contributed by atoms with van der Waals surface area (Å²) < 4.78 is 13.5. The number of benzene rings is 3. The number of carbonyl (C=O) groups excluding carboxylic acids is 1. The Balaban J connectivity index is 1.71. The van der Waals surface area contributed by atoms with Gasteiger partial charge in [0.1, 0.15) is 6.04 Å². The smallest absolute Gasteiger partial charge is 0.326 e. The maximum Gasteiger partial charge on any atom is 0.326 e. The van der Waals surface area contributed by atoms with Crippen molar-refractivity contribution in [3.05, 3.63) is 87.7 Å². The van der Waals surface area contributed by atoms with Crippen molar-refractivity contribution in [1.29, 1.82) is 0 Å². The minimum Gasteiger partial charge on any atom is -0.480 e. The van der Waals surface area contributed by atoms with Crippen molar-refractivity contribution in [3.63, 3.8) is 0 Å². The minimum absolute atomic E-state index is 0.0157. The molecule has 0 spiro atoms. The standard InChI is InChI=1S/C21H17FN2O5/c22-17-8-6-14(11-19(17)24(28)29)10-18(21(26)27)23-20(25)12-13-5-7-15-3-1-2-4-16(15)9-13/h1-9,11,18H,10,12H2,(H,23,25)(H,26,27)/t18-/m1/s1. The summed E-state index contributed by atoms with van der Waals surface area (Å²) in [4.78, 5) is 33.8. The summed E-state index contributed by atoms with van der Waals surface area (Å²) in [7, 11) is 0. The van der Waals surface area contributed by atoms with Crippen LogP contribution in [-0.4, -0.2) is 27.9 Å². The summed E-state index contributed by atoms with van der Waals surface area (Å²) in [6.07, 6.45) is -0.224. The fourth-order valence-electron chi connectivity index (χ4n) is 3.04. The Hall–Kier alpha value is -3.81. The highest BCUT2D eigenvalue weighted by Crippen LogP contribution is 2.20. The monoisotopic (exact) mass is 396 g/mol. The van der Waals surface area contributed by atoms with E-state index < -0.39 is 34.3 Å². The molecular weight excluding hydrogens is 379 g/mol. The van der Waals surface area contributed by atoms with Crippen LogP contribution in [0.5, 0.6) is 0 Å². The van der Waals surface area contributed by atoms with E-state index in [0.29, 0.717) is 0 Å². The molecule has 29 heavy (non-hydrogen) atoms. The van der Waals surface area contributed by atoms with E-state index >= 15 is 0 Å². The lowest BCUT2D eigenvalue weighted by atomic mass is 10.0. The zero-order chi connectivity index (χ0) is 21.0. The Morgan fingerprint density at radius 1 is 1.03 bits per heavy atom. The topological polar surface area (TPSA) is 110 Å². The Morgan fingerprint density at radius 3 is 2.41 bits per heavy atom. The molecule has 0 fully saturated rings. The van der Waals surface area contributed by atoms with Crippen molar-refractivity contribution in [3.8, 4) is 0 Å². The van der Waals surface area contributed by atoms with Gasteiger partial charge in [-0.05, 0) is 28.0 Å². The number of hydrogen-bond donors (Lipinski definition) is 2. The second-order valence-electron chi connectivity index (χ2n) is 6.56. The number of carboxylic acid groups (broad SMARTS) is 1. The summed E-state index contributed by atoms with van der Waals surface area (Å²) >= 11 is 0. The molecule has 1 atom stereocenters. The number of halogens is 1. The average molecular weight is 396 g/mol. The average Bonchev–Trinajstić information content (AvgIpc) is 2.68. The van der Waals surface area contributed by atoms with E-state index in [1.807, 2.05) is 36.4 Å². The van der Waals surface area contributed by atoms with Gasteiger partial charge >= 0.3 is 11.7 Å². The van der Waals surface area contributed by atoms with Crippen LogP contribution in [0.2, 0.25) is 0 Å². The van der Waals surface area contributed by atoms with Crippen LogP contribution in [0.25, 0.3) is 10.8 Å². The van der Waals surface area contributed by atoms with Crippen molar-refractivity contribution in [2.45, 2.75) is 18.9 Å². The van der Waals surface area contributed by atoms with Gasteiger partial charge in [0.15, 0.2) is 0 Å². The van der Waals surface area contributed by atoms with Crippen LogP contribution < -0.4 is 5.32 Å². The number of nitrogens with one attached hydrogen (secondary N) is 1.